The molecule has 1 aromatic heterocycles. The number of nitrogens with zero attached hydrogens (tertiary/aromatic N) is 2. The lowest BCUT2D eigenvalue weighted by Crippen LogP contribution is -2.07. The lowest BCUT2D eigenvalue weighted by atomic mass is 10.2. The highest BCUT2D eigenvalue weighted by atomic mass is 35.5. The highest BCUT2D eigenvalue weighted by molar-refractivity contribution is 7.90. The Bertz CT molecular complexity index is 638. The number of nitrogens with one attached hydrogen (secondary N) is 1. The maximum absolute atomic E-state index is 11.9. The second kappa shape index (κ2) is 4.34. The standard InChI is InChI=1S/C9H9ClN4O2S/c10-7-4-2-1-3-6(7)5-17(15,16)9-12-8(11)13-14-9/h1-4H,5H2,(H3,11,12,13,14). The molecule has 0 aliphatic carbocycles. The lowest BCUT2D eigenvalue weighted by Gasteiger charge is -2.02. The molecule has 1 heterocycles. The summed E-state index contributed by atoms with van der Waals surface area (Å²) in [5, 5.41) is 5.88. The van der Waals surface area contributed by atoms with Crippen LogP contribution in [-0.4, -0.2) is 23.6 Å². The second-order valence-corrected chi connectivity index (χ2v) is 5.66. The molecule has 2 aromatic rings. The highest BCUT2D eigenvalue weighted by Crippen LogP contribution is 2.20. The van der Waals surface area contributed by atoms with Gasteiger partial charge in [0.15, 0.2) is 0 Å². The first-order valence-corrected chi connectivity index (χ1v) is 6.66. The summed E-state index contributed by atoms with van der Waals surface area (Å²) in [5.41, 5.74) is 5.76. The number of aromatic amines is 1. The smallest absolute Gasteiger partial charge is 0.245 e. The van der Waals surface area contributed by atoms with E-state index in [4.69, 9.17) is 17.3 Å². The summed E-state index contributed by atoms with van der Waals surface area (Å²) in [6.07, 6.45) is 0. The van der Waals surface area contributed by atoms with Crippen molar-refractivity contribution in [3.63, 3.8) is 0 Å². The molecule has 17 heavy (non-hydrogen) atoms. The Labute approximate surface area is 103 Å². The summed E-state index contributed by atoms with van der Waals surface area (Å²) in [7, 11) is -3.61. The summed E-state index contributed by atoms with van der Waals surface area (Å²) >= 11 is 5.89. The minimum atomic E-state index is -3.61. The van der Waals surface area contributed by atoms with E-state index in [0.717, 1.165) is 0 Å². The van der Waals surface area contributed by atoms with Gasteiger partial charge in [-0.15, -0.1) is 5.10 Å². The predicted octanol–water partition coefficient (Wildman–Crippen LogP) is 1.01. The molecule has 1 aromatic carbocycles. The fraction of sp³-hybridized carbons (Fsp3) is 0.111. The largest absolute Gasteiger partial charge is 0.366 e. The molecule has 3 N–H and O–H groups in total. The monoisotopic (exact) mass is 272 g/mol. The second-order valence-electron chi connectivity index (χ2n) is 3.35. The number of H-pyrrole nitrogens is 1. The maximum atomic E-state index is 11.9. The molecule has 0 aliphatic rings. The van der Waals surface area contributed by atoms with E-state index in [1.54, 1.807) is 24.3 Å². The van der Waals surface area contributed by atoms with Gasteiger partial charge in [0.05, 0.1) is 5.75 Å². The van der Waals surface area contributed by atoms with Crippen molar-refractivity contribution in [2.45, 2.75) is 10.9 Å². The number of hydrogen-bond acceptors (Lipinski definition) is 5. The van der Waals surface area contributed by atoms with Gasteiger partial charge in [0.1, 0.15) is 0 Å². The van der Waals surface area contributed by atoms with Crippen LogP contribution < -0.4 is 5.73 Å². The van der Waals surface area contributed by atoms with Crippen LogP contribution in [0.4, 0.5) is 5.95 Å². The molecule has 8 heteroatoms. The number of nitrogen functional groups attached to an aromatic ring is 1. The van der Waals surface area contributed by atoms with Crippen LogP contribution in [0.5, 0.6) is 0 Å². The highest BCUT2D eigenvalue weighted by Gasteiger charge is 2.20. The molecule has 0 fully saturated rings. The number of benzene rings is 1. The minimum Gasteiger partial charge on any atom is -0.366 e. The number of rotatable bonds is 3. The fourth-order valence-electron chi connectivity index (χ4n) is 1.29. The first-order chi connectivity index (χ1) is 7.99. The maximum Gasteiger partial charge on any atom is 0.245 e. The normalized spacial score (nSPS) is 11.6. The number of aromatic nitrogens is 3. The number of hydrogen-bond donors (Lipinski definition) is 2. The van der Waals surface area contributed by atoms with E-state index in [2.05, 4.69) is 15.2 Å². The SMILES string of the molecule is Nc1n[nH]c(S(=O)(=O)Cc2ccccc2Cl)n1. The zero-order valence-corrected chi connectivity index (χ0v) is 10.2. The van der Waals surface area contributed by atoms with Crippen molar-refractivity contribution in [1.82, 2.24) is 15.2 Å². The topological polar surface area (TPSA) is 102 Å². The summed E-state index contributed by atoms with van der Waals surface area (Å²) in [6, 6.07) is 6.71. The molecule has 0 amide bonds. The van der Waals surface area contributed by atoms with Crippen LogP contribution in [0.1, 0.15) is 5.56 Å². The summed E-state index contributed by atoms with van der Waals surface area (Å²) in [6.45, 7) is 0. The molecule has 0 atom stereocenters. The third kappa shape index (κ3) is 2.56. The van der Waals surface area contributed by atoms with Gasteiger partial charge in [0.2, 0.25) is 20.9 Å². The van der Waals surface area contributed by atoms with Gasteiger partial charge in [-0.2, -0.15) is 4.98 Å². The number of sulfone groups is 1. The number of nitrogens with two attached hydrogens (primary N) is 1. The Kier molecular flexibility index (Phi) is 3.03. The van der Waals surface area contributed by atoms with Gasteiger partial charge in [-0.25, -0.2) is 13.5 Å². The van der Waals surface area contributed by atoms with Gasteiger partial charge in [0, 0.05) is 5.02 Å². The van der Waals surface area contributed by atoms with Crippen molar-refractivity contribution < 1.29 is 8.42 Å². The average molecular weight is 273 g/mol. The van der Waals surface area contributed by atoms with Gasteiger partial charge in [-0.3, -0.25) is 0 Å². The van der Waals surface area contributed by atoms with E-state index in [1.807, 2.05) is 0 Å². The zero-order valence-electron chi connectivity index (χ0n) is 8.59. The Balaban J connectivity index is 2.33. The first kappa shape index (κ1) is 11.9. The molecular weight excluding hydrogens is 264 g/mol. The van der Waals surface area contributed by atoms with Crippen LogP contribution in [0, 0.1) is 0 Å². The molecular formula is C9H9ClN4O2S. The van der Waals surface area contributed by atoms with Crippen LogP contribution in [0.2, 0.25) is 5.02 Å². The molecule has 0 saturated heterocycles. The molecule has 2 rings (SSSR count). The molecule has 0 unspecified atom stereocenters. The Morgan fingerprint density at radius 3 is 2.65 bits per heavy atom. The van der Waals surface area contributed by atoms with Gasteiger partial charge in [-0.05, 0) is 11.6 Å². The van der Waals surface area contributed by atoms with Crippen molar-refractivity contribution in [3.8, 4) is 0 Å². The quantitative estimate of drug-likeness (QED) is 0.868. The van der Waals surface area contributed by atoms with Crippen LogP contribution in [-0.2, 0) is 15.6 Å². The van der Waals surface area contributed by atoms with Crippen LogP contribution in [0.15, 0.2) is 29.4 Å². The van der Waals surface area contributed by atoms with Crippen LogP contribution in [0.3, 0.4) is 0 Å². The van der Waals surface area contributed by atoms with E-state index in [1.165, 1.54) is 0 Å². The lowest BCUT2D eigenvalue weighted by molar-refractivity contribution is 0.587. The van der Waals surface area contributed by atoms with Crippen LogP contribution >= 0.6 is 11.6 Å². The molecule has 6 nitrogen and oxygen atoms in total. The van der Waals surface area contributed by atoms with Crippen molar-refractivity contribution in [2.24, 2.45) is 0 Å². The van der Waals surface area contributed by atoms with Gasteiger partial charge < -0.3 is 5.73 Å². The molecule has 0 radical (unpaired) electrons. The first-order valence-electron chi connectivity index (χ1n) is 4.63. The summed E-state index contributed by atoms with van der Waals surface area (Å²) in [4.78, 5) is 3.59. The number of anilines is 1. The average Bonchev–Trinajstić information content (AvgIpc) is 2.69. The zero-order chi connectivity index (χ0) is 12.5. The van der Waals surface area contributed by atoms with Crippen molar-refractivity contribution >= 4 is 27.4 Å². The Morgan fingerprint density at radius 2 is 2.06 bits per heavy atom. The molecule has 90 valence electrons. The fourth-order valence-corrected chi connectivity index (χ4v) is 2.78. The summed E-state index contributed by atoms with van der Waals surface area (Å²) < 4.78 is 23.8. The van der Waals surface area contributed by atoms with Gasteiger partial charge >= 0.3 is 0 Å². The third-order valence-corrected chi connectivity index (χ3v) is 3.91. The molecule has 0 bridgehead atoms. The van der Waals surface area contributed by atoms with Crippen molar-refractivity contribution in [3.05, 3.63) is 34.9 Å². The van der Waals surface area contributed by atoms with E-state index in [0.29, 0.717) is 10.6 Å². The Morgan fingerprint density at radius 1 is 1.35 bits per heavy atom. The van der Waals surface area contributed by atoms with E-state index in [-0.39, 0.29) is 16.9 Å². The Hall–Kier alpha value is -1.60. The van der Waals surface area contributed by atoms with Gasteiger partial charge in [-0.1, -0.05) is 29.8 Å². The van der Waals surface area contributed by atoms with E-state index < -0.39 is 9.84 Å². The predicted molar refractivity (Wildman–Crippen MR) is 63.1 cm³/mol. The molecule has 0 spiro atoms. The van der Waals surface area contributed by atoms with Crippen molar-refractivity contribution in [1.29, 1.82) is 0 Å². The molecule has 0 aliphatic heterocycles. The van der Waals surface area contributed by atoms with E-state index >= 15 is 0 Å². The summed E-state index contributed by atoms with van der Waals surface area (Å²) in [5.74, 6) is -0.357. The van der Waals surface area contributed by atoms with Gasteiger partial charge in [0.25, 0.3) is 0 Å². The van der Waals surface area contributed by atoms with Crippen LogP contribution in [0.25, 0.3) is 0 Å². The third-order valence-electron chi connectivity index (χ3n) is 2.08. The number of halogens is 1. The minimum absolute atomic E-state index is 0.109. The van der Waals surface area contributed by atoms with Crippen molar-refractivity contribution in [2.75, 3.05) is 5.73 Å². The molecule has 0 saturated carbocycles. The van der Waals surface area contributed by atoms with E-state index in [9.17, 15) is 8.42 Å².